The smallest absolute Gasteiger partial charge is 0.328 e. The first-order valence-electron chi connectivity index (χ1n) is 11.0. The first kappa shape index (κ1) is 26.7. The lowest BCUT2D eigenvalue weighted by Gasteiger charge is -2.21. The lowest BCUT2D eigenvalue weighted by atomic mass is 10.0. The Labute approximate surface area is 199 Å². The summed E-state index contributed by atoms with van der Waals surface area (Å²) in [6.07, 6.45) is 1.16. The van der Waals surface area contributed by atoms with Gasteiger partial charge >= 0.3 is 11.9 Å². The van der Waals surface area contributed by atoms with Gasteiger partial charge in [0.15, 0.2) is 11.5 Å². The van der Waals surface area contributed by atoms with Gasteiger partial charge in [0.05, 0.1) is 33.8 Å². The third kappa shape index (κ3) is 8.40. The van der Waals surface area contributed by atoms with E-state index in [9.17, 15) is 19.5 Å². The van der Waals surface area contributed by atoms with Gasteiger partial charge in [0.2, 0.25) is 5.91 Å². The number of methoxy groups -OCH3 is 3. The van der Waals surface area contributed by atoms with E-state index in [4.69, 9.17) is 14.2 Å². The third-order valence-electron chi connectivity index (χ3n) is 5.26. The fourth-order valence-corrected chi connectivity index (χ4v) is 3.49. The van der Waals surface area contributed by atoms with E-state index in [1.54, 1.807) is 14.2 Å². The highest BCUT2D eigenvalue weighted by Gasteiger charge is 2.27. The predicted octanol–water partition coefficient (Wildman–Crippen LogP) is 1.97. The van der Waals surface area contributed by atoms with Crippen LogP contribution < -0.4 is 20.1 Å². The highest BCUT2D eigenvalue weighted by Crippen LogP contribution is 2.27. The van der Waals surface area contributed by atoms with Gasteiger partial charge in [-0.1, -0.05) is 36.4 Å². The number of carboxylic acids is 1. The summed E-state index contributed by atoms with van der Waals surface area (Å²) in [7, 11) is 4.38. The van der Waals surface area contributed by atoms with Crippen molar-refractivity contribution >= 4 is 17.8 Å². The monoisotopic (exact) mass is 472 g/mol. The zero-order valence-corrected chi connectivity index (χ0v) is 19.7. The Morgan fingerprint density at radius 1 is 0.912 bits per heavy atom. The summed E-state index contributed by atoms with van der Waals surface area (Å²) in [5.74, 6) is -1.02. The number of hydrogen-bond acceptors (Lipinski definition) is 7. The maximum Gasteiger partial charge on any atom is 0.328 e. The van der Waals surface area contributed by atoms with Crippen LogP contribution in [-0.4, -0.2) is 62.9 Å². The number of aliphatic carboxylic acids is 1. The van der Waals surface area contributed by atoms with Gasteiger partial charge in [-0.2, -0.15) is 0 Å². The van der Waals surface area contributed by atoms with Crippen molar-refractivity contribution in [3.63, 3.8) is 0 Å². The zero-order chi connectivity index (χ0) is 24.9. The summed E-state index contributed by atoms with van der Waals surface area (Å²) in [6.45, 7) is 0.404. The Balaban J connectivity index is 1.97. The third-order valence-corrected chi connectivity index (χ3v) is 5.26. The maximum absolute atomic E-state index is 12.8. The highest BCUT2D eigenvalue weighted by molar-refractivity contribution is 5.90. The number of benzene rings is 2. The van der Waals surface area contributed by atoms with E-state index >= 15 is 0 Å². The van der Waals surface area contributed by atoms with Crippen molar-refractivity contribution in [2.24, 2.45) is 0 Å². The van der Waals surface area contributed by atoms with Gasteiger partial charge in [-0.25, -0.2) is 4.79 Å². The average Bonchev–Trinajstić information content (AvgIpc) is 2.85. The average molecular weight is 473 g/mol. The van der Waals surface area contributed by atoms with Gasteiger partial charge in [-0.05, 0) is 42.6 Å². The van der Waals surface area contributed by atoms with Crippen LogP contribution in [0.25, 0.3) is 0 Å². The van der Waals surface area contributed by atoms with Crippen LogP contribution in [-0.2, 0) is 32.0 Å². The number of ether oxygens (including phenoxy) is 3. The molecule has 2 aromatic carbocycles. The Morgan fingerprint density at radius 2 is 1.62 bits per heavy atom. The molecule has 3 N–H and O–H groups in total. The Kier molecular flexibility index (Phi) is 10.9. The second kappa shape index (κ2) is 13.8. The molecule has 9 heteroatoms. The van der Waals surface area contributed by atoms with Crippen LogP contribution in [0.3, 0.4) is 0 Å². The standard InChI is InChI=1S/C25H32N2O7/c1-32-21-12-11-18(15-22(21)33-2)10-7-13-26-19(16-23(28)29)24(30)27-20(25(31)34-3)14-17-8-5-4-6-9-17/h4-6,8-9,11-12,15,19-20,26H,7,10,13-14,16H2,1-3H3,(H,27,30)(H,28,29)/t19-,20-/m0/s1. The first-order valence-corrected chi connectivity index (χ1v) is 11.0. The molecule has 0 saturated heterocycles. The minimum Gasteiger partial charge on any atom is -0.493 e. The van der Waals surface area contributed by atoms with Gasteiger partial charge in [-0.15, -0.1) is 0 Å². The number of rotatable bonds is 14. The van der Waals surface area contributed by atoms with Gasteiger partial charge in [0, 0.05) is 6.42 Å². The molecule has 2 aromatic rings. The van der Waals surface area contributed by atoms with E-state index < -0.39 is 36.4 Å². The van der Waals surface area contributed by atoms with Crippen molar-refractivity contribution in [2.45, 2.75) is 37.8 Å². The van der Waals surface area contributed by atoms with E-state index in [1.807, 2.05) is 48.5 Å². The molecule has 0 aromatic heterocycles. The Hall–Kier alpha value is -3.59. The number of esters is 1. The summed E-state index contributed by atoms with van der Waals surface area (Å²) in [5, 5.41) is 14.9. The number of nitrogens with one attached hydrogen (secondary N) is 2. The molecule has 2 atom stereocenters. The molecule has 0 radical (unpaired) electrons. The lowest BCUT2D eigenvalue weighted by Crippen LogP contribution is -2.52. The van der Waals surface area contributed by atoms with E-state index in [0.717, 1.165) is 11.1 Å². The maximum atomic E-state index is 12.8. The van der Waals surface area contributed by atoms with Gasteiger partial charge in [-0.3, -0.25) is 9.59 Å². The van der Waals surface area contributed by atoms with E-state index in [-0.39, 0.29) is 6.42 Å². The topological polar surface area (TPSA) is 123 Å². The SMILES string of the molecule is COC(=O)[C@H](Cc1ccccc1)NC(=O)[C@H](CC(=O)O)NCCCc1ccc(OC)c(OC)c1. The summed E-state index contributed by atoms with van der Waals surface area (Å²) in [4.78, 5) is 36.4. The van der Waals surface area contributed by atoms with Crippen molar-refractivity contribution in [3.8, 4) is 11.5 Å². The highest BCUT2D eigenvalue weighted by atomic mass is 16.5. The Morgan fingerprint density at radius 3 is 2.24 bits per heavy atom. The van der Waals surface area contributed by atoms with Crippen molar-refractivity contribution < 1.29 is 33.7 Å². The molecule has 0 aliphatic carbocycles. The summed E-state index contributed by atoms with van der Waals surface area (Å²) in [6, 6.07) is 12.9. The zero-order valence-electron chi connectivity index (χ0n) is 19.7. The second-order valence-electron chi connectivity index (χ2n) is 7.67. The summed E-state index contributed by atoms with van der Waals surface area (Å²) >= 11 is 0. The van der Waals surface area contributed by atoms with Crippen molar-refractivity contribution in [1.29, 1.82) is 0 Å². The summed E-state index contributed by atoms with van der Waals surface area (Å²) < 4.78 is 15.4. The molecule has 0 aliphatic rings. The fourth-order valence-electron chi connectivity index (χ4n) is 3.49. The number of aryl methyl sites for hydroxylation is 1. The molecule has 1 amide bonds. The fraction of sp³-hybridized carbons (Fsp3) is 0.400. The van der Waals surface area contributed by atoms with E-state index in [0.29, 0.717) is 30.9 Å². The number of amides is 1. The van der Waals surface area contributed by atoms with Crippen LogP contribution in [0.15, 0.2) is 48.5 Å². The minimum atomic E-state index is -1.12. The second-order valence-corrected chi connectivity index (χ2v) is 7.67. The molecule has 34 heavy (non-hydrogen) atoms. The van der Waals surface area contributed by atoms with Crippen LogP contribution in [0.4, 0.5) is 0 Å². The number of carboxylic acid groups (broad SMARTS) is 1. The predicted molar refractivity (Wildman–Crippen MR) is 126 cm³/mol. The number of hydrogen-bond donors (Lipinski definition) is 3. The number of carbonyl (C=O) groups is 3. The van der Waals surface area contributed by atoms with Gasteiger partial charge in [0.1, 0.15) is 6.04 Å². The van der Waals surface area contributed by atoms with Crippen LogP contribution >= 0.6 is 0 Å². The summed E-state index contributed by atoms with van der Waals surface area (Å²) in [5.41, 5.74) is 1.86. The Bertz CT molecular complexity index is 950. The molecule has 184 valence electrons. The molecule has 9 nitrogen and oxygen atoms in total. The molecule has 0 bridgehead atoms. The molecular weight excluding hydrogens is 440 g/mol. The quantitative estimate of drug-likeness (QED) is 0.282. The van der Waals surface area contributed by atoms with Crippen LogP contribution in [0, 0.1) is 0 Å². The normalized spacial score (nSPS) is 12.3. The molecular formula is C25H32N2O7. The number of carbonyl (C=O) groups excluding carboxylic acids is 2. The molecule has 0 unspecified atom stereocenters. The van der Waals surface area contributed by atoms with Crippen LogP contribution in [0.5, 0.6) is 11.5 Å². The van der Waals surface area contributed by atoms with E-state index in [2.05, 4.69) is 10.6 Å². The van der Waals surface area contributed by atoms with Crippen molar-refractivity contribution in [2.75, 3.05) is 27.9 Å². The molecule has 0 saturated carbocycles. The van der Waals surface area contributed by atoms with Gasteiger partial charge in [0.25, 0.3) is 0 Å². The van der Waals surface area contributed by atoms with Crippen molar-refractivity contribution in [1.82, 2.24) is 10.6 Å². The molecule has 0 spiro atoms. The molecule has 2 rings (SSSR count). The minimum absolute atomic E-state index is 0.234. The van der Waals surface area contributed by atoms with Crippen LogP contribution in [0.1, 0.15) is 24.0 Å². The van der Waals surface area contributed by atoms with Crippen molar-refractivity contribution in [3.05, 3.63) is 59.7 Å². The van der Waals surface area contributed by atoms with E-state index in [1.165, 1.54) is 7.11 Å². The molecule has 0 aliphatic heterocycles. The lowest BCUT2D eigenvalue weighted by molar-refractivity contribution is -0.145. The largest absolute Gasteiger partial charge is 0.493 e. The van der Waals surface area contributed by atoms with Gasteiger partial charge < -0.3 is 30.0 Å². The first-order chi connectivity index (χ1) is 16.4. The van der Waals surface area contributed by atoms with Crippen LogP contribution in [0.2, 0.25) is 0 Å². The molecule has 0 fully saturated rings. The molecule has 0 heterocycles.